The highest BCUT2D eigenvalue weighted by atomic mass is 127. The summed E-state index contributed by atoms with van der Waals surface area (Å²) in [6, 6.07) is 8.09. The number of fused-ring (bicyclic) bond motifs is 1. The first-order valence-corrected chi connectivity index (χ1v) is 9.64. The number of likely N-dealkylation sites (tertiary alicyclic amines) is 1. The average Bonchev–Trinajstić information content (AvgIpc) is 2.96. The van der Waals surface area contributed by atoms with Gasteiger partial charge in [0.25, 0.3) is 0 Å². The van der Waals surface area contributed by atoms with E-state index in [-0.39, 0.29) is 35.8 Å². The predicted octanol–water partition coefficient (Wildman–Crippen LogP) is 1.99. The minimum Gasteiger partial charge on any atom is -0.383 e. The second kappa shape index (κ2) is 9.73. The molecule has 0 radical (unpaired) electrons. The summed E-state index contributed by atoms with van der Waals surface area (Å²) in [6.07, 6.45) is 4.07. The van der Waals surface area contributed by atoms with E-state index < -0.39 is 5.60 Å². The third kappa shape index (κ3) is 5.34. The molecule has 2 unspecified atom stereocenters. The number of aliphatic imine (C=N–C) groups is 1. The molecule has 3 rings (SSSR count). The maximum atomic E-state index is 11.3. The number of nitrogens with one attached hydrogen (secondary N) is 1. The highest BCUT2D eigenvalue weighted by molar-refractivity contribution is 14.0. The lowest BCUT2D eigenvalue weighted by atomic mass is 9.94. The molecule has 7 heteroatoms. The van der Waals surface area contributed by atoms with Crippen LogP contribution in [0.15, 0.2) is 29.3 Å². The van der Waals surface area contributed by atoms with E-state index in [2.05, 4.69) is 16.3 Å². The monoisotopic (exact) mass is 486 g/mol. The minimum absolute atomic E-state index is 0. The number of aryl methyl sites for hydroxylation is 1. The van der Waals surface area contributed by atoms with Crippen LogP contribution in [-0.2, 0) is 16.8 Å². The number of nitrogens with two attached hydrogens (primary N) is 1. The zero-order valence-electron chi connectivity index (χ0n) is 16.0. The second-order valence-electron chi connectivity index (χ2n) is 7.48. The number of carbonyl (C=O) groups excluding carboxylic acids is 1. The fourth-order valence-corrected chi connectivity index (χ4v) is 4.17. The number of halogens is 1. The van der Waals surface area contributed by atoms with E-state index in [1.165, 1.54) is 5.56 Å². The van der Waals surface area contributed by atoms with Crippen molar-refractivity contribution in [2.24, 2.45) is 16.6 Å². The van der Waals surface area contributed by atoms with Crippen molar-refractivity contribution >= 4 is 35.8 Å². The van der Waals surface area contributed by atoms with Crippen LogP contribution in [0, 0.1) is 5.92 Å². The van der Waals surface area contributed by atoms with Crippen molar-refractivity contribution in [3.8, 4) is 0 Å². The third-order valence-corrected chi connectivity index (χ3v) is 5.46. The van der Waals surface area contributed by atoms with Crippen LogP contribution >= 0.6 is 24.0 Å². The van der Waals surface area contributed by atoms with Crippen LogP contribution in [0.5, 0.6) is 0 Å². The lowest BCUT2D eigenvalue weighted by molar-refractivity contribution is -0.119. The smallest absolute Gasteiger partial charge is 0.217 e. The molecule has 6 nitrogen and oxygen atoms in total. The molecule has 0 bridgehead atoms. The number of primary amides is 1. The molecule has 4 N–H and O–H groups in total. The maximum absolute atomic E-state index is 11.3. The molecular formula is C20H31IN4O2. The minimum atomic E-state index is -0.889. The zero-order chi connectivity index (χ0) is 18.6. The molecule has 1 aliphatic carbocycles. The van der Waals surface area contributed by atoms with Crippen molar-refractivity contribution in [3.05, 3.63) is 35.4 Å². The van der Waals surface area contributed by atoms with Gasteiger partial charge in [0.05, 0.1) is 6.54 Å². The van der Waals surface area contributed by atoms with Gasteiger partial charge in [0, 0.05) is 26.1 Å². The fourth-order valence-electron chi connectivity index (χ4n) is 4.17. The Bertz CT molecular complexity index is 682. The highest BCUT2D eigenvalue weighted by Crippen LogP contribution is 2.37. The number of guanidine groups is 1. The first kappa shape index (κ1) is 21.9. The van der Waals surface area contributed by atoms with E-state index in [1.54, 1.807) is 0 Å². The molecule has 1 fully saturated rings. The first-order valence-electron chi connectivity index (χ1n) is 9.64. The summed E-state index contributed by atoms with van der Waals surface area (Å²) in [5, 5.41) is 14.5. The van der Waals surface area contributed by atoms with E-state index >= 15 is 0 Å². The lowest BCUT2D eigenvalue weighted by Crippen LogP contribution is -2.47. The van der Waals surface area contributed by atoms with Gasteiger partial charge < -0.3 is 21.1 Å². The van der Waals surface area contributed by atoms with Gasteiger partial charge in [-0.15, -0.1) is 24.0 Å². The van der Waals surface area contributed by atoms with Crippen molar-refractivity contribution in [2.75, 3.05) is 26.2 Å². The molecule has 2 atom stereocenters. The number of amides is 1. The fraction of sp³-hybridized carbons (Fsp3) is 0.600. The van der Waals surface area contributed by atoms with Gasteiger partial charge in [0.15, 0.2) is 5.96 Å². The number of hydrogen-bond acceptors (Lipinski definition) is 3. The standard InChI is InChI=1S/C20H30N4O2.HI/c1-2-22-19(24-11-5-6-15(13-24)12-18(21)25)23-14-20(26)10-9-16-7-3-4-8-17(16)20;/h3-4,7-8,15,26H,2,5-6,9-14H2,1H3,(H2,21,25)(H,22,23);1H. The van der Waals surface area contributed by atoms with Crippen molar-refractivity contribution in [3.63, 3.8) is 0 Å². The molecule has 0 saturated carbocycles. The Morgan fingerprint density at radius 2 is 2.22 bits per heavy atom. The summed E-state index contributed by atoms with van der Waals surface area (Å²) in [6.45, 7) is 4.86. The molecule has 150 valence electrons. The van der Waals surface area contributed by atoms with Crippen LogP contribution in [0.3, 0.4) is 0 Å². The van der Waals surface area contributed by atoms with Gasteiger partial charge in [0.2, 0.25) is 5.91 Å². The Morgan fingerprint density at radius 3 is 2.96 bits per heavy atom. The second-order valence-corrected chi connectivity index (χ2v) is 7.48. The van der Waals surface area contributed by atoms with Gasteiger partial charge in [-0.3, -0.25) is 4.79 Å². The number of hydrogen-bond donors (Lipinski definition) is 3. The maximum Gasteiger partial charge on any atom is 0.217 e. The Balaban J connectivity index is 0.00000261. The van der Waals surface area contributed by atoms with Gasteiger partial charge in [-0.25, -0.2) is 4.99 Å². The Hall–Kier alpha value is -1.35. The number of nitrogens with zero attached hydrogens (tertiary/aromatic N) is 2. The van der Waals surface area contributed by atoms with Crippen molar-refractivity contribution in [1.82, 2.24) is 10.2 Å². The molecule has 1 aliphatic heterocycles. The number of aliphatic hydroxyl groups is 1. The van der Waals surface area contributed by atoms with E-state index in [0.29, 0.717) is 19.4 Å². The Kier molecular flexibility index (Phi) is 7.91. The highest BCUT2D eigenvalue weighted by Gasteiger charge is 2.36. The molecule has 1 aromatic carbocycles. The predicted molar refractivity (Wildman–Crippen MR) is 118 cm³/mol. The number of benzene rings is 1. The number of carbonyl (C=O) groups is 1. The Labute approximate surface area is 178 Å². The molecule has 1 aromatic rings. The van der Waals surface area contributed by atoms with Crippen LogP contribution in [-0.4, -0.2) is 48.1 Å². The van der Waals surface area contributed by atoms with Gasteiger partial charge in [-0.05, 0) is 49.7 Å². The van der Waals surface area contributed by atoms with Gasteiger partial charge in [-0.1, -0.05) is 24.3 Å². The summed E-state index contributed by atoms with van der Waals surface area (Å²) >= 11 is 0. The Morgan fingerprint density at radius 1 is 1.44 bits per heavy atom. The molecule has 0 spiro atoms. The van der Waals surface area contributed by atoms with Crippen LogP contribution in [0.1, 0.15) is 43.7 Å². The zero-order valence-corrected chi connectivity index (χ0v) is 18.3. The lowest BCUT2D eigenvalue weighted by Gasteiger charge is -2.35. The third-order valence-electron chi connectivity index (χ3n) is 5.46. The molecule has 1 saturated heterocycles. The van der Waals surface area contributed by atoms with E-state index in [0.717, 1.165) is 50.4 Å². The van der Waals surface area contributed by atoms with Gasteiger partial charge >= 0.3 is 0 Å². The van der Waals surface area contributed by atoms with E-state index in [1.807, 2.05) is 25.1 Å². The summed E-state index contributed by atoms with van der Waals surface area (Å²) < 4.78 is 0. The molecule has 1 heterocycles. The van der Waals surface area contributed by atoms with Crippen LogP contribution in [0.4, 0.5) is 0 Å². The molecule has 27 heavy (non-hydrogen) atoms. The van der Waals surface area contributed by atoms with Gasteiger partial charge in [-0.2, -0.15) is 0 Å². The SMILES string of the molecule is CCNC(=NCC1(O)CCc2ccccc21)N1CCCC(CC(N)=O)C1.I. The normalized spacial score (nSPS) is 24.9. The molecule has 0 aromatic heterocycles. The quantitative estimate of drug-likeness (QED) is 0.338. The summed E-state index contributed by atoms with van der Waals surface area (Å²) in [5.41, 5.74) is 6.70. The van der Waals surface area contributed by atoms with Crippen molar-refractivity contribution < 1.29 is 9.90 Å². The molecule has 1 amide bonds. The number of rotatable bonds is 5. The topological polar surface area (TPSA) is 91.0 Å². The van der Waals surface area contributed by atoms with Crippen molar-refractivity contribution in [1.29, 1.82) is 0 Å². The van der Waals surface area contributed by atoms with Gasteiger partial charge in [0.1, 0.15) is 5.60 Å². The molecular weight excluding hydrogens is 455 g/mol. The summed E-state index contributed by atoms with van der Waals surface area (Å²) in [5.74, 6) is 0.857. The first-order chi connectivity index (χ1) is 12.5. The van der Waals surface area contributed by atoms with Crippen LogP contribution < -0.4 is 11.1 Å². The number of piperidine rings is 1. The van der Waals surface area contributed by atoms with Crippen LogP contribution in [0.2, 0.25) is 0 Å². The summed E-state index contributed by atoms with van der Waals surface area (Å²) in [4.78, 5) is 18.2. The largest absolute Gasteiger partial charge is 0.383 e. The van der Waals surface area contributed by atoms with E-state index in [4.69, 9.17) is 10.7 Å². The summed E-state index contributed by atoms with van der Waals surface area (Å²) in [7, 11) is 0. The van der Waals surface area contributed by atoms with Crippen molar-refractivity contribution in [2.45, 2.75) is 44.6 Å². The average molecular weight is 486 g/mol. The van der Waals surface area contributed by atoms with E-state index in [9.17, 15) is 9.90 Å². The van der Waals surface area contributed by atoms with Crippen LogP contribution in [0.25, 0.3) is 0 Å². The molecule has 2 aliphatic rings.